The predicted molar refractivity (Wildman–Crippen MR) is 62.9 cm³/mol. The lowest BCUT2D eigenvalue weighted by Gasteiger charge is -1.99. The van der Waals surface area contributed by atoms with E-state index in [0.717, 1.165) is 16.3 Å². The van der Waals surface area contributed by atoms with Crippen LogP contribution < -0.4 is 0 Å². The van der Waals surface area contributed by atoms with E-state index in [-0.39, 0.29) is 0 Å². The summed E-state index contributed by atoms with van der Waals surface area (Å²) in [6.45, 7) is 3.79. The lowest BCUT2D eigenvalue weighted by atomic mass is 10.1. The third-order valence-corrected chi connectivity index (χ3v) is 3.12. The summed E-state index contributed by atoms with van der Waals surface area (Å²) >= 11 is 1.57. The normalized spacial score (nSPS) is 12.7. The van der Waals surface area contributed by atoms with Crippen molar-refractivity contribution in [1.29, 1.82) is 0 Å². The Labute approximate surface area is 93.2 Å². The van der Waals surface area contributed by atoms with Gasteiger partial charge in [0.25, 0.3) is 0 Å². The van der Waals surface area contributed by atoms with Crippen LogP contribution >= 0.6 is 11.3 Å². The minimum absolute atomic E-state index is 0.486. The van der Waals surface area contributed by atoms with Crippen molar-refractivity contribution in [3.8, 4) is 10.6 Å². The summed E-state index contributed by atoms with van der Waals surface area (Å²) in [4.78, 5) is 4.39. The lowest BCUT2D eigenvalue weighted by molar-refractivity contribution is 0.195. The highest BCUT2D eigenvalue weighted by Gasteiger charge is 2.08. The van der Waals surface area contributed by atoms with Crippen molar-refractivity contribution in [3.63, 3.8) is 0 Å². The number of thiazole rings is 1. The molecule has 0 unspecified atom stereocenters. The molecule has 0 fully saturated rings. The number of aromatic nitrogens is 1. The highest BCUT2D eigenvalue weighted by Crippen LogP contribution is 2.26. The Bertz CT molecular complexity index is 462. The molecule has 3 heteroatoms. The SMILES string of the molecule is Cc1cccc(-c2nc([C@H](C)O)cs2)c1. The number of nitrogens with zero attached hydrogens (tertiary/aromatic N) is 1. The molecule has 0 saturated heterocycles. The Morgan fingerprint density at radius 1 is 1.40 bits per heavy atom. The summed E-state index contributed by atoms with van der Waals surface area (Å²) in [5.41, 5.74) is 3.09. The fraction of sp³-hybridized carbons (Fsp3) is 0.250. The van der Waals surface area contributed by atoms with Gasteiger partial charge in [-0.15, -0.1) is 11.3 Å². The first-order valence-electron chi connectivity index (χ1n) is 4.87. The van der Waals surface area contributed by atoms with Crippen LogP contribution in [-0.2, 0) is 0 Å². The zero-order chi connectivity index (χ0) is 10.8. The minimum atomic E-state index is -0.486. The molecule has 2 rings (SSSR count). The van der Waals surface area contributed by atoms with Crippen LogP contribution in [0.4, 0.5) is 0 Å². The third-order valence-electron chi connectivity index (χ3n) is 2.22. The van der Waals surface area contributed by atoms with E-state index in [9.17, 15) is 5.11 Å². The van der Waals surface area contributed by atoms with Gasteiger partial charge in [0.2, 0.25) is 0 Å². The van der Waals surface area contributed by atoms with Crippen molar-refractivity contribution in [2.75, 3.05) is 0 Å². The molecule has 78 valence electrons. The second-order valence-electron chi connectivity index (χ2n) is 3.62. The van der Waals surface area contributed by atoms with E-state index >= 15 is 0 Å². The van der Waals surface area contributed by atoms with Gasteiger partial charge in [-0.2, -0.15) is 0 Å². The summed E-state index contributed by atoms with van der Waals surface area (Å²) < 4.78 is 0. The average molecular weight is 219 g/mol. The van der Waals surface area contributed by atoms with Crippen molar-refractivity contribution >= 4 is 11.3 Å². The molecule has 0 aliphatic rings. The Balaban J connectivity index is 2.37. The van der Waals surface area contributed by atoms with Crippen LogP contribution in [0, 0.1) is 6.92 Å². The molecule has 0 aliphatic carbocycles. The quantitative estimate of drug-likeness (QED) is 0.841. The Morgan fingerprint density at radius 3 is 2.80 bits per heavy atom. The van der Waals surface area contributed by atoms with Crippen LogP contribution in [0.15, 0.2) is 29.6 Å². The van der Waals surface area contributed by atoms with Gasteiger partial charge in [0.1, 0.15) is 5.01 Å². The molecule has 1 N–H and O–H groups in total. The number of hydrogen-bond acceptors (Lipinski definition) is 3. The van der Waals surface area contributed by atoms with Crippen LogP contribution in [-0.4, -0.2) is 10.1 Å². The molecule has 0 amide bonds. The molecule has 1 atom stereocenters. The first kappa shape index (κ1) is 10.3. The van der Waals surface area contributed by atoms with E-state index in [1.54, 1.807) is 18.3 Å². The topological polar surface area (TPSA) is 33.1 Å². The Hall–Kier alpha value is -1.19. The van der Waals surface area contributed by atoms with Crippen LogP contribution in [0.1, 0.15) is 24.3 Å². The summed E-state index contributed by atoms with van der Waals surface area (Å²) in [5, 5.41) is 12.3. The molecule has 0 aliphatic heterocycles. The Morgan fingerprint density at radius 2 is 2.20 bits per heavy atom. The van der Waals surface area contributed by atoms with Gasteiger partial charge in [0.05, 0.1) is 11.8 Å². The number of aryl methyl sites for hydroxylation is 1. The Kier molecular flexibility index (Phi) is 2.84. The second kappa shape index (κ2) is 4.13. The standard InChI is InChI=1S/C12H13NOS/c1-8-4-3-5-10(6-8)12-13-11(7-15-12)9(2)14/h3-7,9,14H,1-2H3/t9-/m0/s1. The van der Waals surface area contributed by atoms with Gasteiger partial charge in [0, 0.05) is 10.9 Å². The van der Waals surface area contributed by atoms with Crippen LogP contribution in [0.2, 0.25) is 0 Å². The fourth-order valence-electron chi connectivity index (χ4n) is 1.39. The second-order valence-corrected chi connectivity index (χ2v) is 4.48. The van der Waals surface area contributed by atoms with Crippen LogP contribution in [0.25, 0.3) is 10.6 Å². The van der Waals surface area contributed by atoms with Crippen LogP contribution in [0.5, 0.6) is 0 Å². The average Bonchev–Trinajstić information content (AvgIpc) is 2.66. The largest absolute Gasteiger partial charge is 0.387 e. The summed E-state index contributed by atoms with van der Waals surface area (Å²) in [7, 11) is 0. The molecule has 15 heavy (non-hydrogen) atoms. The fourth-order valence-corrected chi connectivity index (χ4v) is 2.29. The number of aliphatic hydroxyl groups excluding tert-OH is 1. The number of aliphatic hydroxyl groups is 1. The molecule has 1 aromatic carbocycles. The smallest absolute Gasteiger partial charge is 0.123 e. The van der Waals surface area contributed by atoms with Gasteiger partial charge in [-0.25, -0.2) is 4.98 Å². The van der Waals surface area contributed by atoms with Crippen molar-refractivity contribution in [3.05, 3.63) is 40.9 Å². The zero-order valence-corrected chi connectivity index (χ0v) is 9.58. The zero-order valence-electron chi connectivity index (χ0n) is 8.77. The molecule has 0 radical (unpaired) electrons. The summed E-state index contributed by atoms with van der Waals surface area (Å²) in [5.74, 6) is 0. The molecule has 0 saturated carbocycles. The van der Waals surface area contributed by atoms with Gasteiger partial charge in [-0.05, 0) is 19.9 Å². The van der Waals surface area contributed by atoms with E-state index in [1.165, 1.54) is 5.56 Å². The number of hydrogen-bond donors (Lipinski definition) is 1. The molecule has 0 bridgehead atoms. The first-order valence-corrected chi connectivity index (χ1v) is 5.75. The molecule has 0 spiro atoms. The molecule has 1 heterocycles. The third kappa shape index (κ3) is 2.25. The summed E-state index contributed by atoms with van der Waals surface area (Å²) in [6.07, 6.45) is -0.486. The molecule has 2 nitrogen and oxygen atoms in total. The predicted octanol–water partition coefficient (Wildman–Crippen LogP) is 3.17. The highest BCUT2D eigenvalue weighted by atomic mass is 32.1. The maximum absolute atomic E-state index is 9.38. The van der Waals surface area contributed by atoms with E-state index in [1.807, 2.05) is 17.5 Å². The van der Waals surface area contributed by atoms with Crippen LogP contribution in [0.3, 0.4) is 0 Å². The number of benzene rings is 1. The van der Waals surface area contributed by atoms with Crippen molar-refractivity contribution in [1.82, 2.24) is 4.98 Å². The van der Waals surface area contributed by atoms with Gasteiger partial charge in [0.15, 0.2) is 0 Å². The van der Waals surface area contributed by atoms with E-state index in [4.69, 9.17) is 0 Å². The maximum Gasteiger partial charge on any atom is 0.123 e. The van der Waals surface area contributed by atoms with Crippen molar-refractivity contribution in [2.24, 2.45) is 0 Å². The van der Waals surface area contributed by atoms with E-state index in [0.29, 0.717) is 0 Å². The maximum atomic E-state index is 9.38. The van der Waals surface area contributed by atoms with Gasteiger partial charge in [-0.1, -0.05) is 23.8 Å². The molecule has 2 aromatic rings. The lowest BCUT2D eigenvalue weighted by Crippen LogP contribution is -1.90. The van der Waals surface area contributed by atoms with Crippen molar-refractivity contribution in [2.45, 2.75) is 20.0 Å². The molecule has 1 aromatic heterocycles. The molecular formula is C12H13NOS. The highest BCUT2D eigenvalue weighted by molar-refractivity contribution is 7.13. The molecular weight excluding hydrogens is 206 g/mol. The van der Waals surface area contributed by atoms with Gasteiger partial charge in [-0.3, -0.25) is 0 Å². The summed E-state index contributed by atoms with van der Waals surface area (Å²) in [6, 6.07) is 8.23. The first-order chi connectivity index (χ1) is 7.16. The monoisotopic (exact) mass is 219 g/mol. The van der Waals surface area contributed by atoms with E-state index in [2.05, 4.69) is 24.0 Å². The van der Waals surface area contributed by atoms with Crippen molar-refractivity contribution < 1.29 is 5.11 Å². The van der Waals surface area contributed by atoms with Gasteiger partial charge >= 0.3 is 0 Å². The number of rotatable bonds is 2. The van der Waals surface area contributed by atoms with E-state index < -0.39 is 6.10 Å². The minimum Gasteiger partial charge on any atom is -0.387 e. The van der Waals surface area contributed by atoms with Gasteiger partial charge < -0.3 is 5.11 Å².